The predicted molar refractivity (Wildman–Crippen MR) is 77.9 cm³/mol. The number of anilines is 1. The molecule has 0 N–H and O–H groups in total. The molecule has 1 fully saturated rings. The molecular formula is C13H16ClNO4S. The zero-order valence-electron chi connectivity index (χ0n) is 11.3. The molecule has 0 radical (unpaired) electrons. The highest BCUT2D eigenvalue weighted by Gasteiger charge is 2.38. The maximum absolute atomic E-state index is 12.0. The number of nitrogens with zero attached hydrogens (tertiary/aromatic N) is 1. The number of rotatable bonds is 4. The summed E-state index contributed by atoms with van der Waals surface area (Å²) in [5.74, 6) is 0.310. The van der Waals surface area contributed by atoms with Crippen LogP contribution in [-0.4, -0.2) is 32.7 Å². The molecule has 7 heteroatoms. The van der Waals surface area contributed by atoms with E-state index >= 15 is 0 Å². The van der Waals surface area contributed by atoms with Crippen LogP contribution in [0, 0.1) is 6.92 Å². The van der Waals surface area contributed by atoms with Crippen molar-refractivity contribution in [3.8, 4) is 5.75 Å². The molecule has 1 unspecified atom stereocenters. The molecule has 1 aliphatic heterocycles. The molecule has 1 heterocycles. The number of carbonyl (C=O) groups excluding carboxylic acids is 1. The van der Waals surface area contributed by atoms with E-state index in [4.69, 9.17) is 15.4 Å². The van der Waals surface area contributed by atoms with Crippen LogP contribution in [0.25, 0.3) is 0 Å². The minimum Gasteiger partial charge on any atom is -0.492 e. The van der Waals surface area contributed by atoms with Crippen molar-refractivity contribution in [1.29, 1.82) is 0 Å². The van der Waals surface area contributed by atoms with Crippen molar-refractivity contribution in [2.45, 2.75) is 25.5 Å². The Hall–Kier alpha value is -1.27. The second-order valence-electron chi connectivity index (χ2n) is 4.71. The Morgan fingerprint density at radius 2 is 2.15 bits per heavy atom. The number of amides is 1. The molecule has 0 bridgehead atoms. The van der Waals surface area contributed by atoms with Crippen molar-refractivity contribution in [2.24, 2.45) is 0 Å². The molecule has 0 saturated carbocycles. The molecule has 1 aromatic carbocycles. The largest absolute Gasteiger partial charge is 0.492 e. The van der Waals surface area contributed by atoms with Gasteiger partial charge in [-0.25, -0.2) is 8.42 Å². The lowest BCUT2D eigenvalue weighted by molar-refractivity contribution is -0.117. The molecule has 0 aliphatic carbocycles. The van der Waals surface area contributed by atoms with Gasteiger partial charge in [0.05, 0.1) is 12.3 Å². The zero-order valence-corrected chi connectivity index (χ0v) is 12.9. The zero-order chi connectivity index (χ0) is 14.9. The van der Waals surface area contributed by atoms with Crippen molar-refractivity contribution in [2.75, 3.05) is 18.1 Å². The lowest BCUT2D eigenvalue weighted by atomic mass is 10.2. The summed E-state index contributed by atoms with van der Waals surface area (Å²) >= 11 is 0. The van der Waals surface area contributed by atoms with Crippen LogP contribution < -0.4 is 9.64 Å². The van der Waals surface area contributed by atoms with E-state index < -0.39 is 14.3 Å². The molecule has 1 saturated heterocycles. The Kier molecular flexibility index (Phi) is 4.25. The summed E-state index contributed by atoms with van der Waals surface area (Å²) in [7, 11) is 1.61. The van der Waals surface area contributed by atoms with Gasteiger partial charge >= 0.3 is 0 Å². The molecule has 5 nitrogen and oxygen atoms in total. The average molecular weight is 318 g/mol. The summed E-state index contributed by atoms with van der Waals surface area (Å²) in [6.45, 7) is 4.28. The fourth-order valence-corrected chi connectivity index (χ4v) is 3.24. The van der Waals surface area contributed by atoms with E-state index in [-0.39, 0.29) is 18.9 Å². The van der Waals surface area contributed by atoms with Gasteiger partial charge in [0.2, 0.25) is 15.0 Å². The Labute approximate surface area is 122 Å². The van der Waals surface area contributed by atoms with Gasteiger partial charge in [-0.2, -0.15) is 0 Å². The van der Waals surface area contributed by atoms with Crippen LogP contribution in [0.5, 0.6) is 5.75 Å². The van der Waals surface area contributed by atoms with Gasteiger partial charge in [0.15, 0.2) is 0 Å². The highest BCUT2D eigenvalue weighted by molar-refractivity contribution is 8.14. The average Bonchev–Trinajstić information content (AvgIpc) is 2.74. The number of aryl methyl sites for hydroxylation is 1. The minimum atomic E-state index is -3.74. The van der Waals surface area contributed by atoms with Gasteiger partial charge in [-0.3, -0.25) is 4.79 Å². The molecule has 2 rings (SSSR count). The third kappa shape index (κ3) is 3.07. The Morgan fingerprint density at radius 3 is 2.70 bits per heavy atom. The molecule has 1 aliphatic rings. The first kappa shape index (κ1) is 15.1. The summed E-state index contributed by atoms with van der Waals surface area (Å²) < 4.78 is 28.3. The van der Waals surface area contributed by atoms with Crippen LogP contribution in [-0.2, 0) is 13.8 Å². The number of hydrogen-bond donors (Lipinski definition) is 0. The maximum atomic E-state index is 12.0. The third-order valence-corrected chi connectivity index (χ3v) is 5.06. The van der Waals surface area contributed by atoms with Crippen LogP contribution in [0.2, 0.25) is 0 Å². The first-order valence-electron chi connectivity index (χ1n) is 6.30. The molecule has 1 atom stereocenters. The SMILES string of the molecule is CCOc1ccc(C)cc1N1CC(S(=O)(=O)Cl)CC1=O. The molecule has 1 amide bonds. The fourth-order valence-electron chi connectivity index (χ4n) is 2.21. The maximum Gasteiger partial charge on any atom is 0.237 e. The van der Waals surface area contributed by atoms with Gasteiger partial charge in [0.25, 0.3) is 0 Å². The Morgan fingerprint density at radius 1 is 1.45 bits per heavy atom. The topological polar surface area (TPSA) is 63.7 Å². The van der Waals surface area contributed by atoms with E-state index in [1.54, 1.807) is 6.07 Å². The standard InChI is InChI=1S/C13H16ClNO4S/c1-3-19-12-5-4-9(2)6-11(12)15-8-10(7-13(15)16)20(14,17)18/h4-6,10H,3,7-8H2,1-2H3. The normalized spacial score (nSPS) is 19.4. The molecule has 110 valence electrons. The first-order valence-corrected chi connectivity index (χ1v) is 8.67. The van der Waals surface area contributed by atoms with Gasteiger partial charge in [0, 0.05) is 23.6 Å². The van der Waals surface area contributed by atoms with Crippen molar-refractivity contribution >= 4 is 31.3 Å². The van der Waals surface area contributed by atoms with Gasteiger partial charge in [-0.05, 0) is 31.5 Å². The van der Waals surface area contributed by atoms with Gasteiger partial charge in [-0.15, -0.1) is 0 Å². The quantitative estimate of drug-likeness (QED) is 0.797. The number of hydrogen-bond acceptors (Lipinski definition) is 4. The van der Waals surface area contributed by atoms with E-state index in [1.807, 2.05) is 26.0 Å². The number of benzene rings is 1. The van der Waals surface area contributed by atoms with Crippen molar-refractivity contribution in [3.05, 3.63) is 23.8 Å². The monoisotopic (exact) mass is 317 g/mol. The van der Waals surface area contributed by atoms with E-state index in [1.165, 1.54) is 4.90 Å². The van der Waals surface area contributed by atoms with Crippen molar-refractivity contribution < 1.29 is 17.9 Å². The predicted octanol–water partition coefficient (Wildman–Crippen LogP) is 2.07. The summed E-state index contributed by atoms with van der Waals surface area (Å²) in [5, 5.41) is -0.869. The highest BCUT2D eigenvalue weighted by Crippen LogP contribution is 2.34. The van der Waals surface area contributed by atoms with Crippen molar-refractivity contribution in [1.82, 2.24) is 0 Å². The summed E-state index contributed by atoms with van der Waals surface area (Å²) in [6, 6.07) is 5.47. The van der Waals surface area contributed by atoms with Crippen LogP contribution in [0.15, 0.2) is 18.2 Å². The lowest BCUT2D eigenvalue weighted by Gasteiger charge is -2.20. The van der Waals surface area contributed by atoms with Gasteiger partial charge in [0.1, 0.15) is 11.0 Å². The molecule has 1 aromatic rings. The lowest BCUT2D eigenvalue weighted by Crippen LogP contribution is -2.27. The van der Waals surface area contributed by atoms with Crippen LogP contribution in [0.3, 0.4) is 0 Å². The first-order chi connectivity index (χ1) is 9.32. The minimum absolute atomic E-state index is 0.0637. The summed E-state index contributed by atoms with van der Waals surface area (Å²) in [6.07, 6.45) is -0.0919. The Balaban J connectivity index is 2.37. The van der Waals surface area contributed by atoms with Crippen LogP contribution >= 0.6 is 10.7 Å². The fraction of sp³-hybridized carbons (Fsp3) is 0.462. The van der Waals surface area contributed by atoms with E-state index in [0.29, 0.717) is 18.0 Å². The van der Waals surface area contributed by atoms with E-state index in [2.05, 4.69) is 0 Å². The molecule has 0 spiro atoms. The number of carbonyl (C=O) groups is 1. The van der Waals surface area contributed by atoms with Crippen LogP contribution in [0.1, 0.15) is 18.9 Å². The summed E-state index contributed by atoms with van der Waals surface area (Å²) in [5.41, 5.74) is 1.56. The second kappa shape index (κ2) is 5.61. The smallest absolute Gasteiger partial charge is 0.237 e. The Bertz CT molecular complexity index is 629. The van der Waals surface area contributed by atoms with Gasteiger partial charge < -0.3 is 9.64 Å². The molecule has 20 heavy (non-hydrogen) atoms. The molecule has 0 aromatic heterocycles. The van der Waals surface area contributed by atoms with E-state index in [9.17, 15) is 13.2 Å². The second-order valence-corrected chi connectivity index (χ2v) is 7.62. The van der Waals surface area contributed by atoms with Crippen molar-refractivity contribution in [3.63, 3.8) is 0 Å². The number of halogens is 1. The van der Waals surface area contributed by atoms with E-state index in [0.717, 1.165) is 5.56 Å². The number of ether oxygens (including phenoxy) is 1. The molecular weight excluding hydrogens is 302 g/mol. The van der Waals surface area contributed by atoms with Crippen LogP contribution in [0.4, 0.5) is 5.69 Å². The highest BCUT2D eigenvalue weighted by atomic mass is 35.7. The third-order valence-electron chi connectivity index (χ3n) is 3.19. The van der Waals surface area contributed by atoms with Gasteiger partial charge in [-0.1, -0.05) is 6.07 Å². The summed E-state index contributed by atoms with van der Waals surface area (Å²) in [4.78, 5) is 13.5.